The molecule has 0 fully saturated rings. The Kier molecular flexibility index (Phi) is 3.23. The number of fused-ring (bicyclic) bond motifs is 1. The number of nitrogens with zero attached hydrogens (tertiary/aromatic N) is 1. The van der Waals surface area contributed by atoms with E-state index in [4.69, 9.17) is 4.42 Å². The molecule has 0 unspecified atom stereocenters. The van der Waals surface area contributed by atoms with Gasteiger partial charge in [0.2, 0.25) is 5.89 Å². The van der Waals surface area contributed by atoms with Gasteiger partial charge in [-0.1, -0.05) is 20.8 Å². The number of aromatic nitrogens is 1. The van der Waals surface area contributed by atoms with Gasteiger partial charge in [0.15, 0.2) is 5.58 Å². The van der Waals surface area contributed by atoms with Crippen LogP contribution in [0.1, 0.15) is 39.1 Å². The molecule has 3 nitrogen and oxygen atoms in total. The number of aliphatic hydroxyl groups excluding tert-OH is 1. The van der Waals surface area contributed by atoms with Gasteiger partial charge >= 0.3 is 0 Å². The first-order chi connectivity index (χ1) is 8.27. The van der Waals surface area contributed by atoms with E-state index in [1.807, 2.05) is 12.1 Å². The van der Waals surface area contributed by atoms with E-state index >= 15 is 0 Å². The van der Waals surface area contributed by atoms with Crippen LogP contribution in [0.5, 0.6) is 0 Å². The second-order valence-corrected chi connectivity index (χ2v) is 6.25. The lowest BCUT2D eigenvalue weighted by atomic mass is 9.87. The molecule has 1 aromatic carbocycles. The van der Waals surface area contributed by atoms with Crippen LogP contribution in [-0.4, -0.2) is 10.1 Å². The molecule has 2 rings (SSSR count). The van der Waals surface area contributed by atoms with Gasteiger partial charge in [0.25, 0.3) is 0 Å². The highest BCUT2D eigenvalue weighted by molar-refractivity contribution is 9.10. The number of aliphatic hydroxyl groups is 1. The zero-order valence-electron chi connectivity index (χ0n) is 10.9. The summed E-state index contributed by atoms with van der Waals surface area (Å²) < 4.78 is 6.47. The zero-order chi connectivity index (χ0) is 13.5. The molecular formula is C14H16BrNO2. The van der Waals surface area contributed by atoms with Crippen molar-refractivity contribution < 1.29 is 9.52 Å². The van der Waals surface area contributed by atoms with E-state index in [9.17, 15) is 5.11 Å². The fraction of sp³-hybridized carbons (Fsp3) is 0.357. The molecule has 0 amide bonds. The summed E-state index contributed by atoms with van der Waals surface area (Å²) in [7, 11) is 0. The number of hydrogen-bond acceptors (Lipinski definition) is 3. The predicted molar refractivity (Wildman–Crippen MR) is 76.7 cm³/mol. The highest BCUT2D eigenvalue weighted by atomic mass is 79.9. The van der Waals surface area contributed by atoms with Crippen molar-refractivity contribution >= 4 is 33.1 Å². The van der Waals surface area contributed by atoms with Crippen molar-refractivity contribution in [1.29, 1.82) is 0 Å². The summed E-state index contributed by atoms with van der Waals surface area (Å²) >= 11 is 3.50. The van der Waals surface area contributed by atoms with Crippen LogP contribution in [0.2, 0.25) is 0 Å². The Morgan fingerprint density at radius 3 is 2.61 bits per heavy atom. The Balaban J connectivity index is 2.63. The molecular weight excluding hydrogens is 294 g/mol. The summed E-state index contributed by atoms with van der Waals surface area (Å²) in [6, 6.07) is 4.07. The van der Waals surface area contributed by atoms with Gasteiger partial charge < -0.3 is 9.52 Å². The maximum Gasteiger partial charge on any atom is 0.223 e. The quantitative estimate of drug-likeness (QED) is 0.769. The molecule has 0 aliphatic carbocycles. The van der Waals surface area contributed by atoms with Gasteiger partial charge in [-0.2, -0.15) is 0 Å². The Morgan fingerprint density at radius 2 is 2.06 bits per heavy atom. The lowest BCUT2D eigenvalue weighted by Crippen LogP contribution is -2.10. The monoisotopic (exact) mass is 309 g/mol. The minimum Gasteiger partial charge on any atom is -0.512 e. The Bertz CT molecular complexity index is 616. The lowest BCUT2D eigenvalue weighted by Gasteiger charge is -2.18. The van der Waals surface area contributed by atoms with Crippen LogP contribution in [-0.2, 0) is 5.41 Å². The molecule has 0 saturated carbocycles. The van der Waals surface area contributed by atoms with Crippen LogP contribution in [0, 0.1) is 0 Å². The van der Waals surface area contributed by atoms with Crippen LogP contribution >= 0.6 is 15.9 Å². The van der Waals surface area contributed by atoms with E-state index in [1.165, 1.54) is 11.6 Å². The first kappa shape index (κ1) is 13.1. The number of halogens is 1. The number of oxazole rings is 1. The highest BCUT2D eigenvalue weighted by Crippen LogP contribution is 2.32. The van der Waals surface area contributed by atoms with Crippen molar-refractivity contribution in [2.24, 2.45) is 0 Å². The zero-order valence-corrected chi connectivity index (χ0v) is 12.5. The molecule has 18 heavy (non-hydrogen) atoms. The lowest BCUT2D eigenvalue weighted by molar-refractivity contribution is 0.417. The number of rotatable bonds is 1. The van der Waals surface area contributed by atoms with Crippen LogP contribution in [0.15, 0.2) is 26.8 Å². The fourth-order valence-electron chi connectivity index (χ4n) is 1.68. The largest absolute Gasteiger partial charge is 0.512 e. The van der Waals surface area contributed by atoms with E-state index < -0.39 is 0 Å². The van der Waals surface area contributed by atoms with Crippen LogP contribution in [0.3, 0.4) is 0 Å². The minimum absolute atomic E-state index is 0.0541. The highest BCUT2D eigenvalue weighted by Gasteiger charge is 2.18. The van der Waals surface area contributed by atoms with E-state index in [-0.39, 0.29) is 11.2 Å². The number of benzene rings is 1. The second-order valence-electron chi connectivity index (χ2n) is 5.39. The summed E-state index contributed by atoms with van der Waals surface area (Å²) in [4.78, 5) is 4.35. The van der Waals surface area contributed by atoms with Crippen LogP contribution in [0.25, 0.3) is 17.2 Å². The third kappa shape index (κ3) is 2.58. The molecule has 1 heterocycles. The van der Waals surface area contributed by atoms with Crippen LogP contribution < -0.4 is 0 Å². The van der Waals surface area contributed by atoms with Gasteiger partial charge in [0.05, 0.1) is 10.2 Å². The van der Waals surface area contributed by atoms with Gasteiger partial charge in [0.1, 0.15) is 5.52 Å². The van der Waals surface area contributed by atoms with Gasteiger partial charge in [-0.3, -0.25) is 0 Å². The first-order valence-electron chi connectivity index (χ1n) is 5.75. The maximum atomic E-state index is 9.23. The predicted octanol–water partition coefficient (Wildman–Crippen LogP) is 4.81. The van der Waals surface area contributed by atoms with Gasteiger partial charge in [-0.05, 0) is 46.0 Å². The van der Waals surface area contributed by atoms with Crippen molar-refractivity contribution in [3.05, 3.63) is 33.8 Å². The topological polar surface area (TPSA) is 46.3 Å². The van der Waals surface area contributed by atoms with Gasteiger partial charge in [-0.15, -0.1) is 0 Å². The third-order valence-corrected chi connectivity index (χ3v) is 3.25. The summed E-state index contributed by atoms with van der Waals surface area (Å²) in [5.41, 5.74) is 2.74. The molecule has 0 bridgehead atoms. The standard InChI is InChI=1S/C14H16BrNO2/c1-8(17)5-12-16-11-7-9(14(2,3)4)6-10(15)13(11)18-12/h5-7,17H,1-4H3/b8-5-. The van der Waals surface area contributed by atoms with Gasteiger partial charge in [0, 0.05) is 6.08 Å². The minimum atomic E-state index is 0.0541. The van der Waals surface area contributed by atoms with Crippen molar-refractivity contribution in [2.75, 3.05) is 0 Å². The molecule has 0 aliphatic rings. The van der Waals surface area contributed by atoms with Crippen molar-refractivity contribution in [3.63, 3.8) is 0 Å². The normalized spacial score (nSPS) is 13.3. The Labute approximate surface area is 115 Å². The first-order valence-corrected chi connectivity index (χ1v) is 6.54. The van der Waals surface area contributed by atoms with E-state index in [1.54, 1.807) is 6.92 Å². The average Bonchev–Trinajstić information content (AvgIpc) is 2.58. The molecule has 0 radical (unpaired) electrons. The molecule has 0 aliphatic heterocycles. The smallest absolute Gasteiger partial charge is 0.223 e. The molecule has 0 saturated heterocycles. The van der Waals surface area contributed by atoms with Crippen molar-refractivity contribution in [1.82, 2.24) is 4.98 Å². The molecule has 4 heteroatoms. The molecule has 1 aromatic heterocycles. The summed E-state index contributed by atoms with van der Waals surface area (Å²) in [5, 5.41) is 9.23. The Hall–Kier alpha value is -1.29. The fourth-order valence-corrected chi connectivity index (χ4v) is 2.21. The van der Waals surface area contributed by atoms with Crippen molar-refractivity contribution in [3.8, 4) is 0 Å². The van der Waals surface area contributed by atoms with E-state index in [2.05, 4.69) is 41.7 Å². The SMILES string of the molecule is C/C(O)=C/c1nc2cc(C(C)(C)C)cc(Br)c2o1. The second kappa shape index (κ2) is 4.43. The molecule has 2 aromatic rings. The maximum absolute atomic E-state index is 9.23. The molecule has 0 spiro atoms. The Morgan fingerprint density at radius 1 is 1.39 bits per heavy atom. The van der Waals surface area contributed by atoms with Gasteiger partial charge in [-0.25, -0.2) is 4.98 Å². The third-order valence-electron chi connectivity index (χ3n) is 2.66. The average molecular weight is 310 g/mol. The summed E-state index contributed by atoms with van der Waals surface area (Å²) in [5.74, 6) is 0.588. The van der Waals surface area contributed by atoms with Crippen molar-refractivity contribution in [2.45, 2.75) is 33.1 Å². The molecule has 1 N–H and O–H groups in total. The number of allylic oxidation sites excluding steroid dienone is 1. The molecule has 96 valence electrons. The summed E-state index contributed by atoms with van der Waals surface area (Å²) in [6.07, 6.45) is 1.50. The summed E-state index contributed by atoms with van der Waals surface area (Å²) in [6.45, 7) is 8.04. The van der Waals surface area contributed by atoms with E-state index in [0.717, 1.165) is 9.99 Å². The molecule has 0 atom stereocenters. The van der Waals surface area contributed by atoms with Crippen LogP contribution in [0.4, 0.5) is 0 Å². The van der Waals surface area contributed by atoms with E-state index in [0.29, 0.717) is 11.5 Å². The number of hydrogen-bond donors (Lipinski definition) is 1.